The van der Waals surface area contributed by atoms with Crippen LogP contribution in [0, 0.1) is 0 Å². The molecule has 0 amide bonds. The maximum Gasteiger partial charge on any atom is 0.0813 e. The second-order valence-electron chi connectivity index (χ2n) is 4.93. The smallest absolute Gasteiger partial charge is 0.0813 e. The van der Waals surface area contributed by atoms with E-state index < -0.39 is 0 Å². The van der Waals surface area contributed by atoms with Gasteiger partial charge in [-0.1, -0.05) is 12.6 Å². The van der Waals surface area contributed by atoms with Gasteiger partial charge in [-0.2, -0.15) is 0 Å². The summed E-state index contributed by atoms with van der Waals surface area (Å²) in [6, 6.07) is 4.13. The first kappa shape index (κ1) is 13.4. The molecule has 0 unspecified atom stereocenters. The largest absolute Gasteiger partial charge is 0.372 e. The summed E-state index contributed by atoms with van der Waals surface area (Å²) < 4.78 is 5.58. The molecular formula is C13H21NOS. The van der Waals surface area contributed by atoms with E-state index in [1.807, 2.05) is 6.07 Å². The number of thiophene rings is 1. The quantitative estimate of drug-likeness (QED) is 0.770. The molecular weight excluding hydrogens is 218 g/mol. The van der Waals surface area contributed by atoms with Crippen LogP contribution in [0.1, 0.15) is 25.6 Å². The van der Waals surface area contributed by atoms with Crippen LogP contribution >= 0.6 is 11.3 Å². The molecule has 0 atom stereocenters. The minimum absolute atomic E-state index is 0.136. The summed E-state index contributed by atoms with van der Waals surface area (Å²) in [5.41, 5.74) is 1.22. The van der Waals surface area contributed by atoms with Crippen molar-refractivity contribution in [3.63, 3.8) is 0 Å². The van der Waals surface area contributed by atoms with Gasteiger partial charge in [0.15, 0.2) is 0 Å². The van der Waals surface area contributed by atoms with Gasteiger partial charge in [0.1, 0.15) is 0 Å². The van der Waals surface area contributed by atoms with Crippen molar-refractivity contribution in [2.75, 3.05) is 13.2 Å². The number of hydrogen-bond donors (Lipinski definition) is 1. The first-order valence-corrected chi connectivity index (χ1v) is 6.37. The fourth-order valence-corrected chi connectivity index (χ4v) is 1.77. The van der Waals surface area contributed by atoms with Crippen LogP contribution in [0.3, 0.4) is 0 Å². The molecule has 0 saturated heterocycles. The Morgan fingerprint density at radius 1 is 1.50 bits per heavy atom. The molecule has 1 heterocycles. The van der Waals surface area contributed by atoms with Gasteiger partial charge < -0.3 is 10.1 Å². The standard InChI is InChI=1S/C13H21NOS/c1-11(8-14-13(2,3)4)9-15-10-12-6-5-7-16-12/h5-7,14H,1,8-10H2,2-4H3. The molecule has 0 aromatic carbocycles. The number of rotatable bonds is 6. The summed E-state index contributed by atoms with van der Waals surface area (Å²) in [7, 11) is 0. The Balaban J connectivity index is 2.11. The van der Waals surface area contributed by atoms with E-state index in [0.717, 1.165) is 12.1 Å². The summed E-state index contributed by atoms with van der Waals surface area (Å²) in [5, 5.41) is 5.45. The van der Waals surface area contributed by atoms with Gasteiger partial charge >= 0.3 is 0 Å². The molecule has 0 radical (unpaired) electrons. The molecule has 90 valence electrons. The Morgan fingerprint density at radius 3 is 2.81 bits per heavy atom. The molecule has 3 heteroatoms. The molecule has 0 spiro atoms. The average Bonchev–Trinajstić information content (AvgIpc) is 2.66. The predicted octanol–water partition coefficient (Wildman–Crippen LogP) is 3.21. The first-order chi connectivity index (χ1) is 7.47. The summed E-state index contributed by atoms with van der Waals surface area (Å²) in [5.74, 6) is 0. The zero-order valence-corrected chi connectivity index (χ0v) is 11.2. The summed E-state index contributed by atoms with van der Waals surface area (Å²) in [6.07, 6.45) is 0. The van der Waals surface area contributed by atoms with Crippen LogP contribution in [0.5, 0.6) is 0 Å². The van der Waals surface area contributed by atoms with Gasteiger partial charge in [-0.3, -0.25) is 0 Å². The van der Waals surface area contributed by atoms with Crippen LogP contribution in [0.2, 0.25) is 0 Å². The van der Waals surface area contributed by atoms with Crippen LogP contribution in [0.4, 0.5) is 0 Å². The molecule has 1 aromatic heterocycles. The minimum atomic E-state index is 0.136. The van der Waals surface area contributed by atoms with Crippen LogP contribution in [-0.4, -0.2) is 18.7 Å². The van der Waals surface area contributed by atoms with E-state index in [2.05, 4.69) is 44.1 Å². The SMILES string of the molecule is C=C(CNC(C)(C)C)COCc1cccs1. The van der Waals surface area contributed by atoms with Crippen molar-refractivity contribution in [3.8, 4) is 0 Å². The van der Waals surface area contributed by atoms with Crippen molar-refractivity contribution in [3.05, 3.63) is 34.5 Å². The van der Waals surface area contributed by atoms with Gasteiger partial charge in [0.25, 0.3) is 0 Å². The molecule has 0 aliphatic rings. The van der Waals surface area contributed by atoms with E-state index in [1.165, 1.54) is 4.88 Å². The number of nitrogens with one attached hydrogen (secondary N) is 1. The third-order valence-corrected chi connectivity index (χ3v) is 2.85. The first-order valence-electron chi connectivity index (χ1n) is 5.49. The molecule has 0 aliphatic carbocycles. The van der Waals surface area contributed by atoms with Gasteiger partial charge in [0.2, 0.25) is 0 Å². The monoisotopic (exact) mass is 239 g/mol. The highest BCUT2D eigenvalue weighted by Crippen LogP contribution is 2.10. The highest BCUT2D eigenvalue weighted by atomic mass is 32.1. The van der Waals surface area contributed by atoms with E-state index in [0.29, 0.717) is 13.2 Å². The molecule has 0 bridgehead atoms. The van der Waals surface area contributed by atoms with E-state index in [-0.39, 0.29) is 5.54 Å². The number of ether oxygens (including phenoxy) is 1. The van der Waals surface area contributed by atoms with Crippen molar-refractivity contribution >= 4 is 11.3 Å². The molecule has 16 heavy (non-hydrogen) atoms. The minimum Gasteiger partial charge on any atom is -0.372 e. The predicted molar refractivity (Wildman–Crippen MR) is 70.9 cm³/mol. The summed E-state index contributed by atoms with van der Waals surface area (Å²) in [6.45, 7) is 12.6. The van der Waals surface area contributed by atoms with E-state index in [9.17, 15) is 0 Å². The van der Waals surface area contributed by atoms with Crippen molar-refractivity contribution in [1.82, 2.24) is 5.32 Å². The second kappa shape index (κ2) is 6.18. The highest BCUT2D eigenvalue weighted by Gasteiger charge is 2.08. The van der Waals surface area contributed by atoms with Crippen LogP contribution < -0.4 is 5.32 Å². The second-order valence-corrected chi connectivity index (χ2v) is 5.96. The van der Waals surface area contributed by atoms with Gasteiger partial charge in [0.05, 0.1) is 13.2 Å². The lowest BCUT2D eigenvalue weighted by molar-refractivity contribution is 0.143. The fourth-order valence-electron chi connectivity index (χ4n) is 1.13. The Labute approximate surface area is 102 Å². The maximum absolute atomic E-state index is 5.58. The summed E-state index contributed by atoms with van der Waals surface area (Å²) >= 11 is 1.72. The number of hydrogen-bond acceptors (Lipinski definition) is 3. The van der Waals surface area contributed by atoms with Crippen LogP contribution in [0.25, 0.3) is 0 Å². The molecule has 0 fully saturated rings. The molecule has 1 N–H and O–H groups in total. The van der Waals surface area contributed by atoms with Crippen molar-refractivity contribution in [2.45, 2.75) is 32.9 Å². The summed E-state index contributed by atoms with van der Waals surface area (Å²) in [4.78, 5) is 1.26. The molecule has 0 saturated carbocycles. The van der Waals surface area contributed by atoms with Crippen LogP contribution in [0.15, 0.2) is 29.7 Å². The van der Waals surface area contributed by atoms with Gasteiger partial charge in [-0.15, -0.1) is 11.3 Å². The Hall–Kier alpha value is -0.640. The van der Waals surface area contributed by atoms with Crippen LogP contribution in [-0.2, 0) is 11.3 Å². The molecule has 2 nitrogen and oxygen atoms in total. The fraction of sp³-hybridized carbons (Fsp3) is 0.538. The zero-order valence-electron chi connectivity index (χ0n) is 10.4. The normalized spacial score (nSPS) is 11.7. The molecule has 1 aromatic rings. The third kappa shape index (κ3) is 6.05. The van der Waals surface area contributed by atoms with E-state index in [4.69, 9.17) is 4.74 Å². The van der Waals surface area contributed by atoms with E-state index in [1.54, 1.807) is 11.3 Å². The maximum atomic E-state index is 5.58. The van der Waals surface area contributed by atoms with Gasteiger partial charge in [-0.05, 0) is 37.8 Å². The lowest BCUT2D eigenvalue weighted by atomic mass is 10.1. The lowest BCUT2D eigenvalue weighted by Crippen LogP contribution is -2.37. The lowest BCUT2D eigenvalue weighted by Gasteiger charge is -2.21. The zero-order chi connectivity index (χ0) is 12.0. The van der Waals surface area contributed by atoms with E-state index >= 15 is 0 Å². The third-order valence-electron chi connectivity index (χ3n) is 2.00. The average molecular weight is 239 g/mol. The van der Waals surface area contributed by atoms with Gasteiger partial charge in [-0.25, -0.2) is 0 Å². The van der Waals surface area contributed by atoms with Crippen molar-refractivity contribution < 1.29 is 4.74 Å². The molecule has 0 aliphatic heterocycles. The Kier molecular flexibility index (Phi) is 5.19. The van der Waals surface area contributed by atoms with Gasteiger partial charge in [0, 0.05) is 17.0 Å². The molecule has 1 rings (SSSR count). The highest BCUT2D eigenvalue weighted by molar-refractivity contribution is 7.09. The van der Waals surface area contributed by atoms with Crippen molar-refractivity contribution in [2.24, 2.45) is 0 Å². The Bertz CT molecular complexity index is 311. The van der Waals surface area contributed by atoms with Crippen molar-refractivity contribution in [1.29, 1.82) is 0 Å². The Morgan fingerprint density at radius 2 is 2.25 bits per heavy atom. The topological polar surface area (TPSA) is 21.3 Å².